The quantitative estimate of drug-likeness (QED) is 0.755. The molecule has 2 fully saturated rings. The average Bonchev–Trinajstić information content (AvgIpc) is 2.92. The number of ether oxygens (including phenoxy) is 1. The number of aromatic nitrogens is 1. The van der Waals surface area contributed by atoms with E-state index in [-0.39, 0.29) is 17.9 Å². The molecule has 3 unspecified atom stereocenters. The Labute approximate surface area is 138 Å². The van der Waals surface area contributed by atoms with E-state index in [1.807, 2.05) is 0 Å². The lowest BCUT2D eigenvalue weighted by atomic mass is 9.84. The maximum absolute atomic E-state index is 12.9. The minimum absolute atomic E-state index is 0.126. The third-order valence-electron chi connectivity index (χ3n) is 4.75. The molecular formula is C16H19BrN2O3. The monoisotopic (exact) mass is 366 g/mol. The first-order valence-electron chi connectivity index (χ1n) is 7.63. The van der Waals surface area contributed by atoms with Gasteiger partial charge in [-0.25, -0.2) is 4.79 Å². The largest absolute Gasteiger partial charge is 0.467 e. The molecule has 1 aromatic heterocycles. The Morgan fingerprint density at radius 1 is 1.32 bits per heavy atom. The van der Waals surface area contributed by atoms with Gasteiger partial charge >= 0.3 is 5.97 Å². The summed E-state index contributed by atoms with van der Waals surface area (Å²) in [5, 5.41) is 0. The number of amides is 1. The second-order valence-corrected chi connectivity index (χ2v) is 6.91. The molecule has 118 valence electrons. The molecule has 0 radical (unpaired) electrons. The molecule has 22 heavy (non-hydrogen) atoms. The first-order valence-corrected chi connectivity index (χ1v) is 8.42. The van der Waals surface area contributed by atoms with Crippen molar-refractivity contribution in [3.8, 4) is 0 Å². The summed E-state index contributed by atoms with van der Waals surface area (Å²) in [6.07, 6.45) is 8.24. The van der Waals surface area contributed by atoms with Crippen molar-refractivity contribution in [3.05, 3.63) is 28.5 Å². The van der Waals surface area contributed by atoms with E-state index in [1.54, 1.807) is 23.4 Å². The first kappa shape index (κ1) is 15.5. The van der Waals surface area contributed by atoms with Gasteiger partial charge in [0.25, 0.3) is 5.91 Å². The van der Waals surface area contributed by atoms with Crippen LogP contribution in [0.15, 0.2) is 22.9 Å². The highest BCUT2D eigenvalue weighted by Crippen LogP contribution is 2.40. The lowest BCUT2D eigenvalue weighted by Gasteiger charge is -2.33. The molecule has 0 N–H and O–H groups in total. The number of halogens is 1. The summed E-state index contributed by atoms with van der Waals surface area (Å²) in [6, 6.07) is 1.42. The van der Waals surface area contributed by atoms with Crippen LogP contribution in [0, 0.1) is 5.92 Å². The standard InChI is InChI=1S/C16H19BrN2O3/c1-22-16(21)14-7-10-4-2-3-5-13(10)19(14)15(20)11-6-12(17)9-18-8-11/h6,8-10,13-14H,2-5,7H2,1H3. The Balaban J connectivity index is 1.92. The van der Waals surface area contributed by atoms with Crippen molar-refractivity contribution in [1.29, 1.82) is 0 Å². The van der Waals surface area contributed by atoms with Crippen molar-refractivity contribution in [2.75, 3.05) is 7.11 Å². The molecule has 1 saturated heterocycles. The summed E-state index contributed by atoms with van der Waals surface area (Å²) in [7, 11) is 1.38. The van der Waals surface area contributed by atoms with Crippen LogP contribution in [0.2, 0.25) is 0 Å². The van der Waals surface area contributed by atoms with Gasteiger partial charge in [0.2, 0.25) is 0 Å². The Morgan fingerprint density at radius 2 is 2.09 bits per heavy atom. The third kappa shape index (κ3) is 2.76. The number of hydrogen-bond acceptors (Lipinski definition) is 4. The summed E-state index contributed by atoms with van der Waals surface area (Å²) >= 11 is 3.34. The minimum Gasteiger partial charge on any atom is -0.467 e. The van der Waals surface area contributed by atoms with Crippen LogP contribution in [-0.2, 0) is 9.53 Å². The number of fused-ring (bicyclic) bond motifs is 1. The van der Waals surface area contributed by atoms with Crippen LogP contribution < -0.4 is 0 Å². The van der Waals surface area contributed by atoms with Crippen LogP contribution >= 0.6 is 15.9 Å². The molecule has 0 bridgehead atoms. The Hall–Kier alpha value is -1.43. The van der Waals surface area contributed by atoms with Crippen LogP contribution in [0.4, 0.5) is 0 Å². The molecule has 0 spiro atoms. The van der Waals surface area contributed by atoms with Gasteiger partial charge in [-0.1, -0.05) is 12.8 Å². The number of carbonyl (C=O) groups excluding carboxylic acids is 2. The van der Waals surface area contributed by atoms with Crippen LogP contribution in [0.25, 0.3) is 0 Å². The van der Waals surface area contributed by atoms with Crippen molar-refractivity contribution < 1.29 is 14.3 Å². The molecule has 1 aliphatic heterocycles. The van der Waals surface area contributed by atoms with E-state index in [0.717, 1.165) is 23.7 Å². The van der Waals surface area contributed by atoms with E-state index in [1.165, 1.54) is 13.5 Å². The fourth-order valence-electron chi connectivity index (χ4n) is 3.78. The van der Waals surface area contributed by atoms with Crippen LogP contribution in [0.3, 0.4) is 0 Å². The van der Waals surface area contributed by atoms with Crippen LogP contribution in [-0.4, -0.2) is 41.0 Å². The molecule has 6 heteroatoms. The van der Waals surface area contributed by atoms with E-state index >= 15 is 0 Å². The number of likely N-dealkylation sites (tertiary alicyclic amines) is 1. The van der Waals surface area contributed by atoms with Crippen molar-refractivity contribution in [2.45, 2.75) is 44.2 Å². The highest BCUT2D eigenvalue weighted by atomic mass is 79.9. The highest BCUT2D eigenvalue weighted by Gasteiger charge is 2.48. The summed E-state index contributed by atoms with van der Waals surface area (Å²) in [5.41, 5.74) is 0.509. The minimum atomic E-state index is -0.468. The van der Waals surface area contributed by atoms with Gasteiger partial charge in [-0.2, -0.15) is 0 Å². The van der Waals surface area contributed by atoms with Gasteiger partial charge in [-0.3, -0.25) is 9.78 Å². The van der Waals surface area contributed by atoms with Crippen LogP contribution in [0.1, 0.15) is 42.5 Å². The molecular weight excluding hydrogens is 348 g/mol. The van der Waals surface area contributed by atoms with Gasteiger partial charge in [-0.15, -0.1) is 0 Å². The molecule has 3 rings (SSSR count). The predicted molar refractivity (Wildman–Crippen MR) is 84.3 cm³/mol. The number of pyridine rings is 1. The molecule has 2 heterocycles. The SMILES string of the molecule is COC(=O)C1CC2CCCCC2N1C(=O)c1cncc(Br)c1. The maximum atomic E-state index is 12.9. The summed E-state index contributed by atoms with van der Waals surface area (Å²) < 4.78 is 5.68. The Morgan fingerprint density at radius 3 is 2.82 bits per heavy atom. The molecule has 1 saturated carbocycles. The van der Waals surface area contributed by atoms with E-state index in [4.69, 9.17) is 4.74 Å². The predicted octanol–water partition coefficient (Wildman–Crippen LogP) is 2.79. The topological polar surface area (TPSA) is 59.5 Å². The number of esters is 1. The average molecular weight is 367 g/mol. The fourth-order valence-corrected chi connectivity index (χ4v) is 4.14. The van der Waals surface area contributed by atoms with Gasteiger partial charge in [-0.05, 0) is 47.2 Å². The smallest absolute Gasteiger partial charge is 0.328 e. The van der Waals surface area contributed by atoms with Crippen molar-refractivity contribution in [3.63, 3.8) is 0 Å². The van der Waals surface area contributed by atoms with E-state index in [0.29, 0.717) is 17.9 Å². The fraction of sp³-hybridized carbons (Fsp3) is 0.562. The lowest BCUT2D eigenvalue weighted by molar-refractivity contribution is -0.145. The number of methoxy groups -OCH3 is 1. The summed E-state index contributed by atoms with van der Waals surface area (Å²) in [4.78, 5) is 30.9. The third-order valence-corrected chi connectivity index (χ3v) is 5.18. The summed E-state index contributed by atoms with van der Waals surface area (Å²) in [6.45, 7) is 0. The number of nitrogens with zero attached hydrogens (tertiary/aromatic N) is 2. The normalized spacial score (nSPS) is 27.4. The van der Waals surface area contributed by atoms with E-state index in [2.05, 4.69) is 20.9 Å². The second kappa shape index (κ2) is 6.36. The maximum Gasteiger partial charge on any atom is 0.328 e. The number of carbonyl (C=O) groups is 2. The van der Waals surface area contributed by atoms with Gasteiger partial charge in [0.05, 0.1) is 12.7 Å². The van der Waals surface area contributed by atoms with Crippen molar-refractivity contribution in [2.24, 2.45) is 5.92 Å². The van der Waals surface area contributed by atoms with Gasteiger partial charge in [0.15, 0.2) is 0 Å². The first-order chi connectivity index (χ1) is 10.6. The zero-order chi connectivity index (χ0) is 15.7. The Bertz CT molecular complexity index is 593. The van der Waals surface area contributed by atoms with Crippen molar-refractivity contribution in [1.82, 2.24) is 9.88 Å². The van der Waals surface area contributed by atoms with Gasteiger partial charge in [0, 0.05) is 22.9 Å². The highest BCUT2D eigenvalue weighted by molar-refractivity contribution is 9.10. The molecule has 1 aromatic rings. The number of hydrogen-bond donors (Lipinski definition) is 0. The molecule has 1 aliphatic carbocycles. The zero-order valence-electron chi connectivity index (χ0n) is 12.5. The van der Waals surface area contributed by atoms with Crippen LogP contribution in [0.5, 0.6) is 0 Å². The van der Waals surface area contributed by atoms with Gasteiger partial charge < -0.3 is 9.64 Å². The van der Waals surface area contributed by atoms with E-state index < -0.39 is 6.04 Å². The molecule has 0 aromatic carbocycles. The molecule has 2 aliphatic rings. The summed E-state index contributed by atoms with van der Waals surface area (Å²) in [5.74, 6) is -0.0359. The molecule has 1 amide bonds. The molecule has 5 nitrogen and oxygen atoms in total. The second-order valence-electron chi connectivity index (χ2n) is 5.99. The number of rotatable bonds is 2. The Kier molecular flexibility index (Phi) is 4.47. The van der Waals surface area contributed by atoms with Crippen molar-refractivity contribution >= 4 is 27.8 Å². The molecule has 3 atom stereocenters. The zero-order valence-corrected chi connectivity index (χ0v) is 14.1. The van der Waals surface area contributed by atoms with Gasteiger partial charge in [0.1, 0.15) is 6.04 Å². The van der Waals surface area contributed by atoms with E-state index in [9.17, 15) is 9.59 Å². The lowest BCUT2D eigenvalue weighted by Crippen LogP contribution is -2.46.